The molecule has 6 aromatic rings. The van der Waals surface area contributed by atoms with Gasteiger partial charge in [-0.15, -0.1) is 5.10 Å². The van der Waals surface area contributed by atoms with Gasteiger partial charge >= 0.3 is 0 Å². The van der Waals surface area contributed by atoms with Gasteiger partial charge in [0, 0.05) is 29.3 Å². The van der Waals surface area contributed by atoms with Gasteiger partial charge in [-0.3, -0.25) is 4.79 Å². The van der Waals surface area contributed by atoms with E-state index in [9.17, 15) is 4.79 Å². The molecular weight excluding hydrogens is 494 g/mol. The van der Waals surface area contributed by atoms with Crippen molar-refractivity contribution in [1.29, 1.82) is 0 Å². The average molecular weight is 518 g/mol. The minimum Gasteiger partial charge on any atom is -0.490 e. The quantitative estimate of drug-likeness (QED) is 0.334. The molecule has 7 nitrogen and oxygen atoms in total. The molecule has 1 atom stereocenters. The number of ether oxygens (including phenoxy) is 1. The number of nitrogens with zero attached hydrogens (tertiary/aromatic N) is 5. The Kier molecular flexibility index (Phi) is 5.23. The maximum absolute atomic E-state index is 13.4. The standard InChI is InChI=1S/C30H23N5O2S/c1-18-8-6-7-11-24(18)28-31-30-35(33-28)29(36)26(38-30)16-22-17-34(23-9-4-3-5-10-23)32-27(22)20-12-13-25-21(15-20)14-19(2)37-25/h3-13,15-17,19H,14H2,1-2H3/b26-16-/t19-/m1/s1. The number of benzene rings is 3. The monoisotopic (exact) mass is 517 g/mol. The Morgan fingerprint density at radius 3 is 2.66 bits per heavy atom. The zero-order chi connectivity index (χ0) is 25.8. The first-order valence-electron chi connectivity index (χ1n) is 12.5. The lowest BCUT2D eigenvalue weighted by atomic mass is 10.0. The van der Waals surface area contributed by atoms with Gasteiger partial charge in [-0.05, 0) is 61.4 Å². The van der Waals surface area contributed by atoms with Crippen molar-refractivity contribution in [2.24, 2.45) is 0 Å². The van der Waals surface area contributed by atoms with E-state index in [2.05, 4.69) is 23.1 Å². The molecule has 0 fully saturated rings. The molecular formula is C30H23N5O2S. The maximum atomic E-state index is 13.4. The van der Waals surface area contributed by atoms with Crippen LogP contribution in [0.15, 0.2) is 83.8 Å². The second-order valence-corrected chi connectivity index (χ2v) is 10.5. The largest absolute Gasteiger partial charge is 0.490 e. The van der Waals surface area contributed by atoms with Crippen molar-refractivity contribution in [2.75, 3.05) is 0 Å². The number of aromatic nitrogens is 5. The van der Waals surface area contributed by atoms with Gasteiger partial charge in [-0.2, -0.15) is 14.6 Å². The fraction of sp³-hybridized carbons (Fsp3) is 0.133. The summed E-state index contributed by atoms with van der Waals surface area (Å²) in [6.07, 6.45) is 4.88. The van der Waals surface area contributed by atoms with E-state index in [-0.39, 0.29) is 11.7 Å². The van der Waals surface area contributed by atoms with Gasteiger partial charge < -0.3 is 4.74 Å². The molecule has 0 aliphatic carbocycles. The van der Waals surface area contributed by atoms with Gasteiger partial charge in [0.2, 0.25) is 4.96 Å². The van der Waals surface area contributed by atoms with Crippen molar-refractivity contribution in [3.05, 3.63) is 111 Å². The Labute approximate surface area is 222 Å². The van der Waals surface area contributed by atoms with Crippen molar-refractivity contribution < 1.29 is 4.74 Å². The topological polar surface area (TPSA) is 74.3 Å². The van der Waals surface area contributed by atoms with Crippen molar-refractivity contribution >= 4 is 22.4 Å². The zero-order valence-electron chi connectivity index (χ0n) is 20.8. The van der Waals surface area contributed by atoms with E-state index in [1.54, 1.807) is 0 Å². The summed E-state index contributed by atoms with van der Waals surface area (Å²) in [5.41, 5.74) is 6.55. The molecule has 0 saturated carbocycles. The molecule has 38 heavy (non-hydrogen) atoms. The summed E-state index contributed by atoms with van der Waals surface area (Å²) >= 11 is 1.33. The first kappa shape index (κ1) is 22.6. The molecule has 0 amide bonds. The van der Waals surface area contributed by atoms with Crippen LogP contribution in [0.1, 0.15) is 23.6 Å². The maximum Gasteiger partial charge on any atom is 0.291 e. The van der Waals surface area contributed by atoms with Crippen molar-refractivity contribution in [3.8, 4) is 34.1 Å². The summed E-state index contributed by atoms with van der Waals surface area (Å²) in [5, 5.41) is 9.47. The number of hydrogen-bond acceptors (Lipinski definition) is 6. The smallest absolute Gasteiger partial charge is 0.291 e. The lowest BCUT2D eigenvalue weighted by Crippen LogP contribution is -2.23. The molecule has 7 rings (SSSR count). The molecule has 0 radical (unpaired) electrons. The molecule has 0 spiro atoms. The van der Waals surface area contributed by atoms with Crippen LogP contribution in [0.2, 0.25) is 0 Å². The normalized spacial score (nSPS) is 15.2. The molecule has 0 saturated heterocycles. The van der Waals surface area contributed by atoms with Crippen LogP contribution in [0.3, 0.4) is 0 Å². The van der Waals surface area contributed by atoms with Gasteiger partial charge in [0.25, 0.3) is 5.56 Å². The number of fused-ring (bicyclic) bond motifs is 2. The van der Waals surface area contributed by atoms with Crippen molar-refractivity contribution in [2.45, 2.75) is 26.4 Å². The number of aryl methyl sites for hydroxylation is 1. The second-order valence-electron chi connectivity index (χ2n) is 9.53. The highest BCUT2D eigenvalue weighted by atomic mass is 32.1. The van der Waals surface area contributed by atoms with E-state index < -0.39 is 0 Å². The second kappa shape index (κ2) is 8.78. The van der Waals surface area contributed by atoms with Gasteiger partial charge in [0.05, 0.1) is 10.2 Å². The van der Waals surface area contributed by atoms with Crippen molar-refractivity contribution in [3.63, 3.8) is 0 Å². The SMILES string of the molecule is Cc1ccccc1-c1nc2s/c(=C\c3cn(-c4ccccc4)nc3-c3ccc4c(c3)C[C@@H](C)O4)c(=O)n2n1. The molecule has 186 valence electrons. The van der Waals surface area contributed by atoms with Crippen LogP contribution in [-0.4, -0.2) is 30.5 Å². The molecule has 1 aliphatic rings. The molecule has 3 aromatic heterocycles. The van der Waals surface area contributed by atoms with E-state index >= 15 is 0 Å². The lowest BCUT2D eigenvalue weighted by molar-refractivity contribution is 0.254. The minimum atomic E-state index is -0.188. The summed E-state index contributed by atoms with van der Waals surface area (Å²) < 4.78 is 9.71. The molecule has 0 unspecified atom stereocenters. The number of para-hydroxylation sites is 1. The van der Waals surface area contributed by atoms with Gasteiger partial charge in [0.15, 0.2) is 5.82 Å². The van der Waals surface area contributed by atoms with E-state index in [0.717, 1.165) is 45.8 Å². The van der Waals surface area contributed by atoms with Crippen LogP contribution in [0.25, 0.3) is 39.4 Å². The highest BCUT2D eigenvalue weighted by Gasteiger charge is 2.21. The average Bonchev–Trinajstić information content (AvgIpc) is 3.68. The molecule has 3 aromatic carbocycles. The van der Waals surface area contributed by atoms with Crippen LogP contribution in [0.4, 0.5) is 0 Å². The fourth-order valence-corrected chi connectivity index (χ4v) is 5.81. The summed E-state index contributed by atoms with van der Waals surface area (Å²) in [7, 11) is 0. The lowest BCUT2D eigenvalue weighted by Gasteiger charge is -2.04. The molecule has 4 heterocycles. The summed E-state index contributed by atoms with van der Waals surface area (Å²) in [4.78, 5) is 18.6. The van der Waals surface area contributed by atoms with Crippen LogP contribution < -0.4 is 14.8 Å². The number of hydrogen-bond donors (Lipinski definition) is 0. The summed E-state index contributed by atoms with van der Waals surface area (Å²) in [6.45, 7) is 4.09. The third-order valence-electron chi connectivity index (χ3n) is 6.79. The van der Waals surface area contributed by atoms with Gasteiger partial charge in [-0.25, -0.2) is 4.68 Å². The third kappa shape index (κ3) is 3.81. The molecule has 1 aliphatic heterocycles. The molecule has 0 bridgehead atoms. The summed E-state index contributed by atoms with van der Waals surface area (Å²) in [6, 6.07) is 24.1. The van der Waals surface area contributed by atoms with Crippen LogP contribution in [0, 0.1) is 6.92 Å². The Balaban J connectivity index is 1.37. The predicted octanol–water partition coefficient (Wildman–Crippen LogP) is 4.85. The van der Waals surface area contributed by atoms with Crippen LogP contribution in [-0.2, 0) is 6.42 Å². The predicted molar refractivity (Wildman–Crippen MR) is 149 cm³/mol. The zero-order valence-corrected chi connectivity index (χ0v) is 21.6. The first-order valence-corrected chi connectivity index (χ1v) is 13.3. The third-order valence-corrected chi connectivity index (χ3v) is 7.75. The first-order chi connectivity index (χ1) is 18.5. The van der Waals surface area contributed by atoms with Gasteiger partial charge in [0.1, 0.15) is 17.5 Å². The fourth-order valence-electron chi connectivity index (χ4n) is 4.91. The Bertz CT molecular complexity index is 1940. The van der Waals surface area contributed by atoms with Crippen LogP contribution >= 0.6 is 11.3 Å². The van der Waals surface area contributed by atoms with E-state index in [0.29, 0.717) is 15.3 Å². The summed E-state index contributed by atoms with van der Waals surface area (Å²) in [5.74, 6) is 1.48. The van der Waals surface area contributed by atoms with Crippen molar-refractivity contribution in [1.82, 2.24) is 24.4 Å². The number of thiazole rings is 1. The number of rotatable bonds is 4. The van der Waals surface area contributed by atoms with Gasteiger partial charge in [-0.1, -0.05) is 53.8 Å². The van der Waals surface area contributed by atoms with E-state index in [4.69, 9.17) is 9.84 Å². The Morgan fingerprint density at radius 1 is 1.03 bits per heavy atom. The molecule has 8 heteroatoms. The minimum absolute atomic E-state index is 0.163. The Morgan fingerprint density at radius 2 is 1.84 bits per heavy atom. The van der Waals surface area contributed by atoms with Crippen LogP contribution in [0.5, 0.6) is 5.75 Å². The van der Waals surface area contributed by atoms with E-state index in [1.807, 2.05) is 90.6 Å². The highest BCUT2D eigenvalue weighted by Crippen LogP contribution is 2.34. The highest BCUT2D eigenvalue weighted by molar-refractivity contribution is 7.15. The Hall–Kier alpha value is -4.56. The molecule has 0 N–H and O–H groups in total. The van der Waals surface area contributed by atoms with E-state index in [1.165, 1.54) is 21.4 Å².